The number of morpholine rings is 1. The zero-order valence-corrected chi connectivity index (χ0v) is 16.1. The maximum atomic E-state index is 12.6. The van der Waals surface area contributed by atoms with Crippen LogP contribution >= 0.6 is 11.3 Å². The summed E-state index contributed by atoms with van der Waals surface area (Å²) in [5.41, 5.74) is 0.544. The van der Waals surface area contributed by atoms with Gasteiger partial charge in [-0.3, -0.25) is 4.79 Å². The molecule has 1 saturated heterocycles. The number of hydrogen-bond acceptors (Lipinski definition) is 7. The summed E-state index contributed by atoms with van der Waals surface area (Å²) in [4.78, 5) is 24.2. The molecule has 0 spiro atoms. The van der Waals surface area contributed by atoms with Crippen molar-refractivity contribution in [3.63, 3.8) is 0 Å². The number of carbonyl (C=O) groups excluding carboxylic acids is 2. The Morgan fingerprint density at radius 2 is 1.81 bits per heavy atom. The number of benzene rings is 1. The van der Waals surface area contributed by atoms with Gasteiger partial charge < -0.3 is 14.8 Å². The molecule has 1 aliphatic rings. The number of methoxy groups -OCH3 is 1. The third kappa shape index (κ3) is 4.19. The molecule has 27 heavy (non-hydrogen) atoms. The molecule has 0 aliphatic carbocycles. The number of hydrogen-bond donors (Lipinski definition) is 1. The number of rotatable bonds is 5. The molecule has 2 heterocycles. The normalized spacial score (nSPS) is 15.3. The predicted octanol–water partition coefficient (Wildman–Crippen LogP) is 1.81. The molecule has 0 unspecified atom stereocenters. The zero-order valence-electron chi connectivity index (χ0n) is 14.5. The topological polar surface area (TPSA) is 102 Å². The van der Waals surface area contributed by atoms with Crippen LogP contribution < -0.4 is 5.32 Å². The molecule has 0 atom stereocenters. The first-order chi connectivity index (χ1) is 12.9. The fourth-order valence-electron chi connectivity index (χ4n) is 2.57. The number of amides is 1. The van der Waals surface area contributed by atoms with Crippen molar-refractivity contribution in [2.75, 3.05) is 38.7 Å². The van der Waals surface area contributed by atoms with Crippen LogP contribution in [0.3, 0.4) is 0 Å². The van der Waals surface area contributed by atoms with Crippen molar-refractivity contribution in [1.29, 1.82) is 0 Å². The Bertz CT molecular complexity index is 931. The molecule has 144 valence electrons. The Morgan fingerprint density at radius 1 is 1.15 bits per heavy atom. The van der Waals surface area contributed by atoms with Crippen molar-refractivity contribution in [1.82, 2.24) is 4.31 Å². The highest BCUT2D eigenvalue weighted by molar-refractivity contribution is 7.89. The SMILES string of the molecule is COC(=O)c1ccsc1NC(=O)c1ccc(S(=O)(=O)N2CCOCC2)cc1. The van der Waals surface area contributed by atoms with Crippen LogP contribution in [0.2, 0.25) is 0 Å². The molecule has 3 rings (SSSR count). The molecule has 1 aromatic carbocycles. The van der Waals surface area contributed by atoms with Crippen molar-refractivity contribution in [3.8, 4) is 0 Å². The minimum absolute atomic E-state index is 0.118. The third-order valence-electron chi connectivity index (χ3n) is 4.02. The van der Waals surface area contributed by atoms with Gasteiger partial charge in [-0.15, -0.1) is 11.3 Å². The van der Waals surface area contributed by atoms with E-state index in [1.54, 1.807) is 11.4 Å². The number of carbonyl (C=O) groups is 2. The molecule has 10 heteroatoms. The quantitative estimate of drug-likeness (QED) is 0.755. The van der Waals surface area contributed by atoms with E-state index in [2.05, 4.69) is 10.1 Å². The molecule has 1 fully saturated rings. The fraction of sp³-hybridized carbons (Fsp3) is 0.294. The molecule has 1 aliphatic heterocycles. The highest BCUT2D eigenvalue weighted by Gasteiger charge is 2.26. The fourth-order valence-corrected chi connectivity index (χ4v) is 4.74. The summed E-state index contributed by atoms with van der Waals surface area (Å²) in [5.74, 6) is -0.989. The molecule has 1 aromatic heterocycles. The predicted molar refractivity (Wildman–Crippen MR) is 99.6 cm³/mol. The largest absolute Gasteiger partial charge is 0.465 e. The summed E-state index contributed by atoms with van der Waals surface area (Å²) in [7, 11) is -2.35. The number of sulfonamides is 1. The van der Waals surface area contributed by atoms with E-state index in [-0.39, 0.29) is 16.0 Å². The monoisotopic (exact) mass is 410 g/mol. The number of esters is 1. The van der Waals surface area contributed by atoms with Crippen LogP contribution in [-0.2, 0) is 19.5 Å². The van der Waals surface area contributed by atoms with Crippen LogP contribution in [0, 0.1) is 0 Å². The molecule has 1 amide bonds. The molecule has 0 bridgehead atoms. The van der Waals surface area contributed by atoms with Gasteiger partial charge in [-0.25, -0.2) is 13.2 Å². The van der Waals surface area contributed by atoms with Crippen LogP contribution in [0.15, 0.2) is 40.6 Å². The molecule has 2 aromatic rings. The smallest absolute Gasteiger partial charge is 0.340 e. The van der Waals surface area contributed by atoms with Gasteiger partial charge in [0.25, 0.3) is 5.91 Å². The molecule has 8 nitrogen and oxygen atoms in total. The summed E-state index contributed by atoms with van der Waals surface area (Å²) in [5, 5.41) is 4.68. The first kappa shape index (κ1) is 19.5. The molecule has 0 radical (unpaired) electrons. The van der Waals surface area contributed by atoms with Crippen LogP contribution in [0.25, 0.3) is 0 Å². The second kappa shape index (κ2) is 8.17. The minimum Gasteiger partial charge on any atom is -0.465 e. The van der Waals surface area contributed by atoms with E-state index in [1.165, 1.54) is 47.0 Å². The van der Waals surface area contributed by atoms with Crippen molar-refractivity contribution >= 4 is 38.2 Å². The summed E-state index contributed by atoms with van der Waals surface area (Å²) < 4.78 is 36.4. The Hall–Kier alpha value is -2.27. The van der Waals surface area contributed by atoms with Gasteiger partial charge in [0, 0.05) is 18.7 Å². The van der Waals surface area contributed by atoms with Crippen LogP contribution in [0.4, 0.5) is 5.00 Å². The van der Waals surface area contributed by atoms with E-state index >= 15 is 0 Å². The van der Waals surface area contributed by atoms with Gasteiger partial charge in [-0.2, -0.15) is 4.31 Å². The van der Waals surface area contributed by atoms with Crippen molar-refractivity contribution in [2.24, 2.45) is 0 Å². The number of nitrogens with one attached hydrogen (secondary N) is 1. The summed E-state index contributed by atoms with van der Waals surface area (Å²) in [6, 6.07) is 7.23. The van der Waals surface area contributed by atoms with Gasteiger partial charge >= 0.3 is 5.97 Å². The lowest BCUT2D eigenvalue weighted by Gasteiger charge is -2.26. The van der Waals surface area contributed by atoms with Gasteiger partial charge in [0.2, 0.25) is 10.0 Å². The number of nitrogens with zero attached hydrogens (tertiary/aromatic N) is 1. The highest BCUT2D eigenvalue weighted by Crippen LogP contribution is 2.25. The van der Waals surface area contributed by atoms with Gasteiger partial charge in [-0.05, 0) is 35.7 Å². The first-order valence-corrected chi connectivity index (χ1v) is 10.4. The summed E-state index contributed by atoms with van der Waals surface area (Å²) in [6.07, 6.45) is 0. The Balaban J connectivity index is 1.74. The van der Waals surface area contributed by atoms with Crippen molar-refractivity contribution < 1.29 is 27.5 Å². The Labute approximate surface area is 160 Å². The van der Waals surface area contributed by atoms with Crippen LogP contribution in [0.5, 0.6) is 0 Å². The van der Waals surface area contributed by atoms with E-state index in [9.17, 15) is 18.0 Å². The van der Waals surface area contributed by atoms with Crippen molar-refractivity contribution in [3.05, 3.63) is 46.8 Å². The lowest BCUT2D eigenvalue weighted by atomic mass is 10.2. The lowest BCUT2D eigenvalue weighted by Crippen LogP contribution is -2.40. The van der Waals surface area contributed by atoms with Gasteiger partial charge in [-0.1, -0.05) is 0 Å². The average molecular weight is 410 g/mol. The number of anilines is 1. The van der Waals surface area contributed by atoms with E-state index in [4.69, 9.17) is 4.74 Å². The highest BCUT2D eigenvalue weighted by atomic mass is 32.2. The zero-order chi connectivity index (χ0) is 19.4. The number of thiophene rings is 1. The Kier molecular flexibility index (Phi) is 5.90. The molecule has 0 saturated carbocycles. The van der Waals surface area contributed by atoms with Gasteiger partial charge in [0.1, 0.15) is 5.00 Å². The second-order valence-corrected chi connectivity index (χ2v) is 8.50. The van der Waals surface area contributed by atoms with Gasteiger partial charge in [0.05, 0.1) is 30.8 Å². The van der Waals surface area contributed by atoms with Gasteiger partial charge in [0.15, 0.2) is 0 Å². The Morgan fingerprint density at radius 3 is 2.44 bits per heavy atom. The van der Waals surface area contributed by atoms with E-state index in [0.717, 1.165) is 0 Å². The van der Waals surface area contributed by atoms with E-state index in [0.29, 0.717) is 31.3 Å². The standard InChI is InChI=1S/C17H18N2O6S2/c1-24-17(21)14-6-11-26-16(14)18-15(20)12-2-4-13(5-3-12)27(22,23)19-7-9-25-10-8-19/h2-6,11H,7-10H2,1H3,(H,18,20). The van der Waals surface area contributed by atoms with E-state index in [1.807, 2.05) is 0 Å². The number of ether oxygens (including phenoxy) is 2. The lowest BCUT2D eigenvalue weighted by molar-refractivity contribution is 0.0602. The summed E-state index contributed by atoms with van der Waals surface area (Å²) >= 11 is 1.20. The summed E-state index contributed by atoms with van der Waals surface area (Å²) in [6.45, 7) is 1.34. The second-order valence-electron chi connectivity index (χ2n) is 5.65. The minimum atomic E-state index is -3.61. The molecule has 1 N–H and O–H groups in total. The van der Waals surface area contributed by atoms with Crippen LogP contribution in [-0.4, -0.2) is 58.0 Å². The molecular formula is C17H18N2O6S2. The average Bonchev–Trinajstić information content (AvgIpc) is 3.16. The molecular weight excluding hydrogens is 392 g/mol. The maximum Gasteiger partial charge on any atom is 0.340 e. The van der Waals surface area contributed by atoms with Crippen molar-refractivity contribution in [2.45, 2.75) is 4.90 Å². The third-order valence-corrected chi connectivity index (χ3v) is 6.76. The maximum absolute atomic E-state index is 12.6. The first-order valence-electron chi connectivity index (χ1n) is 8.08. The van der Waals surface area contributed by atoms with E-state index < -0.39 is 21.9 Å². The van der Waals surface area contributed by atoms with Crippen LogP contribution in [0.1, 0.15) is 20.7 Å².